The minimum absolute atomic E-state index is 0.609. The van der Waals surface area contributed by atoms with Crippen LogP contribution in [-0.2, 0) is 0 Å². The summed E-state index contributed by atoms with van der Waals surface area (Å²) in [7, 11) is 1.22. The van der Waals surface area contributed by atoms with Gasteiger partial charge in [-0.25, -0.2) is 0 Å². The Hall–Kier alpha value is -1.94. The lowest BCUT2D eigenvalue weighted by atomic mass is 10.0. The van der Waals surface area contributed by atoms with Gasteiger partial charge in [-0.05, 0) is 53.3 Å². The van der Waals surface area contributed by atoms with E-state index in [0.717, 1.165) is 0 Å². The van der Waals surface area contributed by atoms with E-state index in [-0.39, 0.29) is 0 Å². The molecule has 2 atom stereocenters. The molecule has 126 valence electrons. The normalized spacial score (nSPS) is 11.4. The second kappa shape index (κ2) is 8.43. The van der Waals surface area contributed by atoms with E-state index in [1.54, 1.807) is 0 Å². The number of nitrogens with zero attached hydrogens (tertiary/aromatic N) is 1. The molecule has 0 radical (unpaired) electrons. The maximum Gasteiger partial charge on any atom is 0.0494 e. The molecule has 0 aromatic heterocycles. The molecule has 0 aliphatic heterocycles. The first-order chi connectivity index (χ1) is 12.2. The van der Waals surface area contributed by atoms with Crippen molar-refractivity contribution in [3.05, 3.63) is 96.1 Å². The Morgan fingerprint density at radius 2 is 1.20 bits per heavy atom. The highest BCUT2D eigenvalue weighted by atomic mass is 31.1. The Bertz CT molecular complexity index is 780. The quantitative estimate of drug-likeness (QED) is 0.516. The Balaban J connectivity index is 2.00. The van der Waals surface area contributed by atoms with Crippen molar-refractivity contribution in [2.45, 2.75) is 13.8 Å². The fourth-order valence-corrected chi connectivity index (χ4v) is 6.01. The molecule has 2 unspecified atom stereocenters. The molecule has 0 saturated heterocycles. The van der Waals surface area contributed by atoms with E-state index < -0.39 is 0 Å². The molecular formula is C22H23NP2. The van der Waals surface area contributed by atoms with Gasteiger partial charge in [0.15, 0.2) is 0 Å². The lowest BCUT2D eigenvalue weighted by Gasteiger charge is -2.28. The first-order valence-electron chi connectivity index (χ1n) is 8.34. The van der Waals surface area contributed by atoms with Gasteiger partial charge in [-0.15, -0.1) is 0 Å². The summed E-state index contributed by atoms with van der Waals surface area (Å²) in [6.45, 7) is 8.32. The highest BCUT2D eigenvalue weighted by Crippen LogP contribution is 2.41. The molecule has 3 heteroatoms. The van der Waals surface area contributed by atoms with E-state index in [2.05, 4.69) is 97.7 Å². The monoisotopic (exact) mass is 363 g/mol. The molecule has 0 saturated carbocycles. The average Bonchev–Trinajstić information content (AvgIpc) is 2.62. The van der Waals surface area contributed by atoms with Crippen molar-refractivity contribution >= 4 is 39.8 Å². The summed E-state index contributed by atoms with van der Waals surface area (Å²) in [5.41, 5.74) is 5.14. The maximum atomic E-state index is 3.91. The smallest absolute Gasteiger partial charge is 0.0494 e. The fourth-order valence-electron chi connectivity index (χ4n) is 2.88. The van der Waals surface area contributed by atoms with Crippen LogP contribution in [-0.4, -0.2) is 0 Å². The lowest BCUT2D eigenvalue weighted by molar-refractivity contribution is 1.35. The number of benzene rings is 3. The zero-order valence-electron chi connectivity index (χ0n) is 14.7. The van der Waals surface area contributed by atoms with Crippen molar-refractivity contribution in [3.63, 3.8) is 0 Å². The topological polar surface area (TPSA) is 3.24 Å². The van der Waals surface area contributed by atoms with Crippen molar-refractivity contribution < 1.29 is 0 Å². The minimum atomic E-state index is 0.609. The van der Waals surface area contributed by atoms with Crippen LogP contribution in [0.15, 0.2) is 79.4 Å². The van der Waals surface area contributed by atoms with Crippen LogP contribution in [0.1, 0.15) is 16.7 Å². The predicted octanol–water partition coefficient (Wildman–Crippen LogP) is 5.59. The van der Waals surface area contributed by atoms with Gasteiger partial charge in [-0.1, -0.05) is 73.3 Å². The second-order valence-corrected chi connectivity index (χ2v) is 8.94. The standard InChI is InChI=1S/C22H23NP2/c1-4-19-15-17(2)22(18(3)16-19)23(24-20-11-7-5-8-12-20)25-21-13-9-6-10-14-21/h4-16,24-25H,1H2,2-3H3. The maximum absolute atomic E-state index is 3.91. The molecule has 0 fully saturated rings. The summed E-state index contributed by atoms with van der Waals surface area (Å²) >= 11 is 0. The highest BCUT2D eigenvalue weighted by Gasteiger charge is 2.14. The predicted molar refractivity (Wildman–Crippen MR) is 117 cm³/mol. The zero-order valence-corrected chi connectivity index (χ0v) is 16.7. The number of aryl methyl sites for hydroxylation is 2. The molecule has 0 aliphatic rings. The van der Waals surface area contributed by atoms with Gasteiger partial charge in [-0.2, -0.15) is 0 Å². The van der Waals surface area contributed by atoms with Crippen LogP contribution in [0.4, 0.5) is 5.69 Å². The van der Waals surface area contributed by atoms with Gasteiger partial charge in [0.1, 0.15) is 0 Å². The van der Waals surface area contributed by atoms with Gasteiger partial charge < -0.3 is 4.44 Å². The van der Waals surface area contributed by atoms with Gasteiger partial charge in [0.05, 0.1) is 0 Å². The van der Waals surface area contributed by atoms with Crippen LogP contribution in [0, 0.1) is 13.8 Å². The highest BCUT2D eigenvalue weighted by molar-refractivity contribution is 7.67. The third-order valence-electron chi connectivity index (χ3n) is 4.00. The van der Waals surface area contributed by atoms with E-state index in [0.29, 0.717) is 17.5 Å². The molecule has 0 spiro atoms. The van der Waals surface area contributed by atoms with Gasteiger partial charge in [0.25, 0.3) is 0 Å². The molecule has 3 aromatic rings. The molecule has 3 rings (SSSR count). The Morgan fingerprint density at radius 3 is 1.60 bits per heavy atom. The van der Waals surface area contributed by atoms with Crippen molar-refractivity contribution in [1.29, 1.82) is 0 Å². The second-order valence-electron chi connectivity index (χ2n) is 6.00. The third kappa shape index (κ3) is 4.57. The largest absolute Gasteiger partial charge is 0.326 e. The molecule has 1 nitrogen and oxygen atoms in total. The van der Waals surface area contributed by atoms with Gasteiger partial charge in [-0.3, -0.25) is 0 Å². The molecule has 0 heterocycles. The third-order valence-corrected chi connectivity index (χ3v) is 6.75. The lowest BCUT2D eigenvalue weighted by Crippen LogP contribution is -2.13. The van der Waals surface area contributed by atoms with Crippen molar-refractivity contribution in [2.75, 3.05) is 4.44 Å². The summed E-state index contributed by atoms with van der Waals surface area (Å²) in [5, 5.41) is 2.72. The summed E-state index contributed by atoms with van der Waals surface area (Å²) in [6, 6.07) is 25.9. The van der Waals surface area contributed by atoms with Crippen LogP contribution in [0.25, 0.3) is 6.08 Å². The number of hydrogen-bond acceptors (Lipinski definition) is 1. The molecule has 0 N–H and O–H groups in total. The van der Waals surface area contributed by atoms with E-state index in [1.807, 2.05) is 6.08 Å². The van der Waals surface area contributed by atoms with Crippen molar-refractivity contribution in [1.82, 2.24) is 0 Å². The number of hydrogen-bond donors (Lipinski definition) is 0. The van der Waals surface area contributed by atoms with Crippen LogP contribution in [0.3, 0.4) is 0 Å². The summed E-state index contributed by atoms with van der Waals surface area (Å²) < 4.78 is 2.53. The molecule has 0 aliphatic carbocycles. The van der Waals surface area contributed by atoms with E-state index in [9.17, 15) is 0 Å². The molecule has 0 amide bonds. The Kier molecular flexibility index (Phi) is 6.03. The van der Waals surface area contributed by atoms with Crippen LogP contribution >= 0.6 is 17.5 Å². The first kappa shape index (κ1) is 17.9. The first-order valence-corrected chi connectivity index (χ1v) is 10.2. The SMILES string of the molecule is C=Cc1cc(C)c(N(Pc2ccccc2)Pc2ccccc2)c(C)c1. The van der Waals surface area contributed by atoms with Gasteiger partial charge in [0.2, 0.25) is 0 Å². The number of rotatable bonds is 6. The molecular weight excluding hydrogens is 340 g/mol. The van der Waals surface area contributed by atoms with Crippen LogP contribution in [0.5, 0.6) is 0 Å². The zero-order chi connectivity index (χ0) is 17.6. The average molecular weight is 363 g/mol. The number of anilines is 1. The Labute approximate surface area is 154 Å². The fraction of sp³-hybridized carbons (Fsp3) is 0.0909. The summed E-state index contributed by atoms with van der Waals surface area (Å²) in [4.78, 5) is 0. The Morgan fingerprint density at radius 1 is 0.760 bits per heavy atom. The molecule has 25 heavy (non-hydrogen) atoms. The van der Waals surface area contributed by atoms with Gasteiger partial charge in [0, 0.05) is 23.2 Å². The minimum Gasteiger partial charge on any atom is -0.326 e. The molecule has 0 bridgehead atoms. The van der Waals surface area contributed by atoms with Crippen LogP contribution < -0.4 is 15.1 Å². The van der Waals surface area contributed by atoms with Crippen LogP contribution in [0.2, 0.25) is 0 Å². The van der Waals surface area contributed by atoms with Crippen molar-refractivity contribution in [3.8, 4) is 0 Å². The van der Waals surface area contributed by atoms with Crippen molar-refractivity contribution in [2.24, 2.45) is 0 Å². The van der Waals surface area contributed by atoms with E-state index >= 15 is 0 Å². The van der Waals surface area contributed by atoms with Gasteiger partial charge >= 0.3 is 0 Å². The van der Waals surface area contributed by atoms with E-state index in [1.165, 1.54) is 33.0 Å². The summed E-state index contributed by atoms with van der Waals surface area (Å²) in [5.74, 6) is 0. The molecule has 3 aromatic carbocycles. The van der Waals surface area contributed by atoms with E-state index in [4.69, 9.17) is 0 Å². The summed E-state index contributed by atoms with van der Waals surface area (Å²) in [6.07, 6.45) is 1.92.